The first-order valence-corrected chi connectivity index (χ1v) is 14.0. The Hall–Kier alpha value is -3.29. The van der Waals surface area contributed by atoms with Crippen molar-refractivity contribution in [3.05, 3.63) is 83.4 Å². The van der Waals surface area contributed by atoms with E-state index < -0.39 is 11.7 Å². The second-order valence-corrected chi connectivity index (χ2v) is 10.9. The second kappa shape index (κ2) is 14.2. The minimum absolute atomic E-state index is 0.0823. The number of aldehydes is 1. The molecule has 1 aliphatic heterocycles. The van der Waals surface area contributed by atoms with Crippen LogP contribution < -0.4 is 16.4 Å². The summed E-state index contributed by atoms with van der Waals surface area (Å²) in [7, 11) is 0. The molecule has 0 fully saturated rings. The molecule has 0 spiro atoms. The molecule has 210 valence electrons. The molecular weight excluding hydrogens is 488 g/mol. The van der Waals surface area contributed by atoms with Gasteiger partial charge in [-0.1, -0.05) is 93.1 Å². The summed E-state index contributed by atoms with van der Waals surface area (Å²) in [6.45, 7) is 8.89. The summed E-state index contributed by atoms with van der Waals surface area (Å²) in [6.07, 6.45) is 5.35. The van der Waals surface area contributed by atoms with Crippen LogP contribution in [0.4, 0.5) is 0 Å². The third kappa shape index (κ3) is 8.10. The first-order chi connectivity index (χ1) is 18.7. The highest BCUT2D eigenvalue weighted by Gasteiger charge is 2.42. The van der Waals surface area contributed by atoms with Crippen molar-refractivity contribution in [2.75, 3.05) is 13.1 Å². The third-order valence-electron chi connectivity index (χ3n) is 7.71. The molecule has 0 aromatic heterocycles. The van der Waals surface area contributed by atoms with E-state index in [2.05, 4.69) is 33.7 Å². The highest BCUT2D eigenvalue weighted by Crippen LogP contribution is 2.29. The summed E-state index contributed by atoms with van der Waals surface area (Å²) in [5.41, 5.74) is 8.47. The van der Waals surface area contributed by atoms with E-state index in [4.69, 9.17) is 5.73 Å². The summed E-state index contributed by atoms with van der Waals surface area (Å²) in [5.74, 6) is -0.384. The topological polar surface area (TPSA) is 105 Å². The number of hydrogen-bond donors (Lipinski definition) is 3. The van der Waals surface area contributed by atoms with Crippen LogP contribution in [0.1, 0.15) is 51.7 Å². The van der Waals surface area contributed by atoms with Crippen molar-refractivity contribution in [2.45, 2.75) is 71.1 Å². The summed E-state index contributed by atoms with van der Waals surface area (Å²) in [4.78, 5) is 40.3. The Morgan fingerprint density at radius 3 is 2.23 bits per heavy atom. The predicted molar refractivity (Wildman–Crippen MR) is 156 cm³/mol. The fourth-order valence-corrected chi connectivity index (χ4v) is 5.33. The molecule has 0 bridgehead atoms. The SMILES string of the molecule is CCC(=O)N[C@](C=O)(C(C)C)N1CCC(C(C)NC(=O)[C@@H](N)Cc2ccccc2)=CC(Cc2ccccc2)C1. The van der Waals surface area contributed by atoms with E-state index in [1.54, 1.807) is 6.92 Å². The Balaban J connectivity index is 1.83. The maximum absolute atomic E-state index is 13.0. The maximum Gasteiger partial charge on any atom is 0.237 e. The molecule has 0 radical (unpaired) electrons. The predicted octanol–water partition coefficient (Wildman–Crippen LogP) is 3.63. The van der Waals surface area contributed by atoms with Gasteiger partial charge in [-0.25, -0.2) is 0 Å². The number of hydrogen-bond acceptors (Lipinski definition) is 5. The molecule has 1 aliphatic rings. The lowest BCUT2D eigenvalue weighted by molar-refractivity contribution is -0.136. The van der Waals surface area contributed by atoms with Crippen LogP contribution in [0.5, 0.6) is 0 Å². The van der Waals surface area contributed by atoms with Gasteiger partial charge in [0.2, 0.25) is 11.8 Å². The van der Waals surface area contributed by atoms with E-state index in [1.165, 1.54) is 5.56 Å². The van der Waals surface area contributed by atoms with Crippen molar-refractivity contribution in [1.29, 1.82) is 0 Å². The second-order valence-electron chi connectivity index (χ2n) is 10.9. The molecule has 0 aliphatic carbocycles. The monoisotopic (exact) mass is 532 g/mol. The van der Waals surface area contributed by atoms with Crippen molar-refractivity contribution in [2.24, 2.45) is 17.6 Å². The van der Waals surface area contributed by atoms with Gasteiger partial charge in [-0.2, -0.15) is 0 Å². The van der Waals surface area contributed by atoms with Crippen LogP contribution in [0.2, 0.25) is 0 Å². The standard InChI is InChI=1S/C32H44N4O3/c1-5-30(38)35-32(22-37,23(2)3)36-17-16-28(19-27(21-36)18-25-12-8-6-9-13-25)24(4)34-31(39)29(33)20-26-14-10-7-11-15-26/h6-15,19,22-24,27,29H,5,16-18,20-21,33H2,1-4H3,(H,34,39)(H,35,38)/t24?,27?,29-,32-/m0/s1. The van der Waals surface area contributed by atoms with Gasteiger partial charge in [-0.3, -0.25) is 19.3 Å². The van der Waals surface area contributed by atoms with Crippen molar-refractivity contribution < 1.29 is 14.4 Å². The fraction of sp³-hybridized carbons (Fsp3) is 0.469. The van der Waals surface area contributed by atoms with Gasteiger partial charge >= 0.3 is 0 Å². The highest BCUT2D eigenvalue weighted by atomic mass is 16.2. The smallest absolute Gasteiger partial charge is 0.237 e. The molecule has 2 amide bonds. The van der Waals surface area contributed by atoms with Gasteiger partial charge in [0.05, 0.1) is 6.04 Å². The molecule has 2 aromatic rings. The van der Waals surface area contributed by atoms with E-state index >= 15 is 0 Å². The van der Waals surface area contributed by atoms with Gasteiger partial charge in [-0.05, 0) is 49.1 Å². The zero-order valence-electron chi connectivity index (χ0n) is 23.7. The number of nitrogens with one attached hydrogen (secondary N) is 2. The largest absolute Gasteiger partial charge is 0.349 e. The molecule has 1 heterocycles. The normalized spacial score (nSPS) is 19.2. The lowest BCUT2D eigenvalue weighted by Crippen LogP contribution is -2.65. The molecule has 4 N–H and O–H groups in total. The molecule has 4 atom stereocenters. The molecule has 3 rings (SSSR count). The average molecular weight is 533 g/mol. The Labute approximate surface area is 233 Å². The first-order valence-electron chi connectivity index (χ1n) is 14.0. The Kier molecular flexibility index (Phi) is 11.0. The van der Waals surface area contributed by atoms with Gasteiger partial charge in [0, 0.05) is 25.6 Å². The van der Waals surface area contributed by atoms with Crippen LogP contribution in [0, 0.1) is 11.8 Å². The summed E-state index contributed by atoms with van der Waals surface area (Å²) < 4.78 is 0. The van der Waals surface area contributed by atoms with Crippen molar-refractivity contribution in [3.63, 3.8) is 0 Å². The van der Waals surface area contributed by atoms with Gasteiger partial charge < -0.3 is 16.4 Å². The Morgan fingerprint density at radius 1 is 1.05 bits per heavy atom. The minimum atomic E-state index is -1.10. The average Bonchev–Trinajstić information content (AvgIpc) is 3.15. The Bertz CT molecular complexity index is 1120. The lowest BCUT2D eigenvalue weighted by atomic mass is 9.92. The zero-order valence-corrected chi connectivity index (χ0v) is 23.7. The third-order valence-corrected chi connectivity index (χ3v) is 7.71. The van der Waals surface area contributed by atoms with Gasteiger partial charge in [0.1, 0.15) is 0 Å². The number of nitrogens with zero attached hydrogens (tertiary/aromatic N) is 1. The number of carbonyl (C=O) groups excluding carboxylic acids is 3. The number of carbonyl (C=O) groups is 3. The van der Waals surface area contributed by atoms with Crippen molar-refractivity contribution in [1.82, 2.24) is 15.5 Å². The Morgan fingerprint density at radius 2 is 1.67 bits per heavy atom. The van der Waals surface area contributed by atoms with Crippen LogP contribution in [0.15, 0.2) is 72.3 Å². The van der Waals surface area contributed by atoms with Gasteiger partial charge in [-0.15, -0.1) is 0 Å². The molecule has 2 unspecified atom stereocenters. The van der Waals surface area contributed by atoms with Crippen LogP contribution in [-0.4, -0.2) is 53.8 Å². The van der Waals surface area contributed by atoms with E-state index in [9.17, 15) is 14.4 Å². The molecule has 7 nitrogen and oxygen atoms in total. The molecule has 0 saturated heterocycles. The van der Waals surface area contributed by atoms with Gasteiger partial charge in [0.15, 0.2) is 11.9 Å². The van der Waals surface area contributed by atoms with Crippen LogP contribution in [0.25, 0.3) is 0 Å². The number of amides is 2. The van der Waals surface area contributed by atoms with E-state index in [-0.39, 0.29) is 29.7 Å². The summed E-state index contributed by atoms with van der Waals surface area (Å²) >= 11 is 0. The lowest BCUT2D eigenvalue weighted by Gasteiger charge is -2.44. The van der Waals surface area contributed by atoms with Crippen molar-refractivity contribution >= 4 is 18.1 Å². The van der Waals surface area contributed by atoms with Crippen LogP contribution in [0.3, 0.4) is 0 Å². The number of nitrogens with two attached hydrogens (primary N) is 1. The summed E-state index contributed by atoms with van der Waals surface area (Å²) in [5, 5.41) is 6.16. The molecule has 39 heavy (non-hydrogen) atoms. The van der Waals surface area contributed by atoms with Gasteiger partial charge in [0.25, 0.3) is 0 Å². The molecule has 2 aromatic carbocycles. The zero-order chi connectivity index (χ0) is 28.4. The number of rotatable bonds is 12. The van der Waals surface area contributed by atoms with E-state index in [1.807, 2.05) is 69.3 Å². The van der Waals surface area contributed by atoms with Crippen molar-refractivity contribution in [3.8, 4) is 0 Å². The fourth-order valence-electron chi connectivity index (χ4n) is 5.33. The summed E-state index contributed by atoms with van der Waals surface area (Å²) in [6, 6.07) is 19.2. The minimum Gasteiger partial charge on any atom is -0.349 e. The van der Waals surface area contributed by atoms with E-state index in [0.717, 1.165) is 23.8 Å². The quantitative estimate of drug-likeness (QED) is 0.286. The van der Waals surface area contributed by atoms with Crippen LogP contribution >= 0.6 is 0 Å². The maximum atomic E-state index is 13.0. The molecular formula is C32H44N4O3. The number of benzene rings is 2. The highest BCUT2D eigenvalue weighted by molar-refractivity contribution is 5.82. The first kappa shape index (κ1) is 30.3. The molecule has 7 heteroatoms. The van der Waals surface area contributed by atoms with Crippen LogP contribution in [-0.2, 0) is 27.2 Å². The molecule has 0 saturated carbocycles. The van der Waals surface area contributed by atoms with E-state index in [0.29, 0.717) is 32.4 Å².